The van der Waals surface area contributed by atoms with E-state index in [-0.39, 0.29) is 5.56 Å². The van der Waals surface area contributed by atoms with E-state index in [9.17, 15) is 4.79 Å². The second kappa shape index (κ2) is 5.06. The predicted molar refractivity (Wildman–Crippen MR) is 67.8 cm³/mol. The fourth-order valence-corrected chi connectivity index (χ4v) is 1.69. The van der Waals surface area contributed by atoms with E-state index in [0.29, 0.717) is 11.6 Å². The van der Waals surface area contributed by atoms with E-state index in [1.807, 2.05) is 24.3 Å². The number of nitrogens with zero attached hydrogens (tertiary/aromatic N) is 1. The molecule has 0 aliphatic rings. The number of hydrogen-bond acceptors (Lipinski definition) is 2. The third kappa shape index (κ3) is 2.88. The quantitative estimate of drug-likeness (QED) is 0.837. The summed E-state index contributed by atoms with van der Waals surface area (Å²) in [6.07, 6.45) is 1.69. The van der Waals surface area contributed by atoms with Crippen LogP contribution in [0.15, 0.2) is 47.4 Å². The van der Waals surface area contributed by atoms with E-state index >= 15 is 0 Å². The summed E-state index contributed by atoms with van der Waals surface area (Å²) < 4.78 is 6.68. The number of halogens is 1. The molecule has 4 heteroatoms. The Hall–Kier alpha value is -1.74. The molecule has 0 amide bonds. The molecule has 2 rings (SSSR count). The minimum atomic E-state index is -0.103. The van der Waals surface area contributed by atoms with E-state index < -0.39 is 0 Å². The number of rotatable bonds is 3. The average Bonchev–Trinajstić information content (AvgIpc) is 2.34. The Balaban J connectivity index is 2.22. The molecule has 2 aromatic rings. The van der Waals surface area contributed by atoms with Crippen LogP contribution in [-0.2, 0) is 6.54 Å². The molecule has 0 radical (unpaired) electrons. The van der Waals surface area contributed by atoms with Crippen molar-refractivity contribution in [2.75, 3.05) is 7.11 Å². The summed E-state index contributed by atoms with van der Waals surface area (Å²) in [6, 6.07) is 10.7. The van der Waals surface area contributed by atoms with Crippen molar-refractivity contribution in [2.24, 2.45) is 0 Å². The first-order chi connectivity index (χ1) is 8.19. The van der Waals surface area contributed by atoms with Crippen molar-refractivity contribution in [3.05, 3.63) is 63.5 Å². The molecule has 0 bridgehead atoms. The van der Waals surface area contributed by atoms with E-state index in [4.69, 9.17) is 16.3 Å². The van der Waals surface area contributed by atoms with Gasteiger partial charge in [-0.05, 0) is 23.8 Å². The lowest BCUT2D eigenvalue weighted by atomic mass is 10.2. The lowest BCUT2D eigenvalue weighted by molar-refractivity contribution is 0.414. The van der Waals surface area contributed by atoms with Gasteiger partial charge in [0.25, 0.3) is 5.56 Å². The number of methoxy groups -OCH3 is 1. The van der Waals surface area contributed by atoms with Crippen LogP contribution in [0, 0.1) is 0 Å². The molecule has 1 aromatic heterocycles. The third-order valence-corrected chi connectivity index (χ3v) is 2.71. The molecular formula is C13H12ClNO2. The van der Waals surface area contributed by atoms with E-state index in [2.05, 4.69) is 0 Å². The van der Waals surface area contributed by atoms with Crippen molar-refractivity contribution in [1.29, 1.82) is 0 Å². The number of benzene rings is 1. The summed E-state index contributed by atoms with van der Waals surface area (Å²) in [5, 5.41) is 0.459. The molecular weight excluding hydrogens is 238 g/mol. The molecule has 0 saturated carbocycles. The summed E-state index contributed by atoms with van der Waals surface area (Å²) in [5.41, 5.74) is 0.934. The molecule has 0 aliphatic carbocycles. The summed E-state index contributed by atoms with van der Waals surface area (Å²) in [4.78, 5) is 11.6. The Morgan fingerprint density at radius 1 is 1.24 bits per heavy atom. The van der Waals surface area contributed by atoms with Crippen molar-refractivity contribution in [3.63, 3.8) is 0 Å². The van der Waals surface area contributed by atoms with E-state index in [0.717, 1.165) is 11.3 Å². The predicted octanol–water partition coefficient (Wildman–Crippen LogP) is 2.56. The van der Waals surface area contributed by atoms with Crippen LogP contribution < -0.4 is 10.3 Å². The minimum absolute atomic E-state index is 0.103. The largest absolute Gasteiger partial charge is 0.497 e. The number of pyridine rings is 1. The zero-order chi connectivity index (χ0) is 12.3. The molecule has 88 valence electrons. The normalized spacial score (nSPS) is 10.2. The highest BCUT2D eigenvalue weighted by Crippen LogP contribution is 2.12. The first-order valence-electron chi connectivity index (χ1n) is 5.18. The Bertz CT molecular complexity index is 560. The van der Waals surface area contributed by atoms with Gasteiger partial charge in [0, 0.05) is 17.3 Å². The maximum atomic E-state index is 11.6. The highest BCUT2D eigenvalue weighted by Gasteiger charge is 1.99. The SMILES string of the molecule is COc1ccc(Cn2ccc(Cl)cc2=O)cc1. The second-order valence-electron chi connectivity index (χ2n) is 3.66. The van der Waals surface area contributed by atoms with E-state index in [1.54, 1.807) is 23.9 Å². The van der Waals surface area contributed by atoms with Gasteiger partial charge in [-0.1, -0.05) is 23.7 Å². The monoisotopic (exact) mass is 249 g/mol. The smallest absolute Gasteiger partial charge is 0.252 e. The van der Waals surface area contributed by atoms with Crippen molar-refractivity contribution < 1.29 is 4.74 Å². The van der Waals surface area contributed by atoms with Crippen LogP contribution in [0.1, 0.15) is 5.56 Å². The molecule has 1 aromatic carbocycles. The molecule has 17 heavy (non-hydrogen) atoms. The number of aromatic nitrogens is 1. The van der Waals surface area contributed by atoms with Crippen LogP contribution in [0.5, 0.6) is 5.75 Å². The average molecular weight is 250 g/mol. The lowest BCUT2D eigenvalue weighted by Gasteiger charge is -2.06. The Labute approximate surface area is 104 Å². The maximum Gasteiger partial charge on any atom is 0.252 e. The van der Waals surface area contributed by atoms with Gasteiger partial charge in [-0.15, -0.1) is 0 Å². The molecule has 3 nitrogen and oxygen atoms in total. The molecule has 0 aliphatic heterocycles. The highest BCUT2D eigenvalue weighted by molar-refractivity contribution is 6.30. The fourth-order valence-electron chi connectivity index (χ4n) is 1.54. The zero-order valence-corrected chi connectivity index (χ0v) is 10.1. The van der Waals surface area contributed by atoms with E-state index in [1.165, 1.54) is 6.07 Å². The molecule has 0 unspecified atom stereocenters. The van der Waals surface area contributed by atoms with Gasteiger partial charge in [-0.25, -0.2) is 0 Å². The van der Waals surface area contributed by atoms with Crippen LogP contribution in [0.2, 0.25) is 5.02 Å². The van der Waals surface area contributed by atoms with Gasteiger partial charge in [-0.3, -0.25) is 4.79 Å². The standard InChI is InChI=1S/C13H12ClNO2/c1-17-12-4-2-10(3-5-12)9-15-7-6-11(14)8-13(15)16/h2-8H,9H2,1H3. The van der Waals surface area contributed by atoms with Gasteiger partial charge >= 0.3 is 0 Å². The highest BCUT2D eigenvalue weighted by atomic mass is 35.5. The first kappa shape index (κ1) is 11.7. The molecule has 0 N–H and O–H groups in total. The Morgan fingerprint density at radius 3 is 2.53 bits per heavy atom. The summed E-state index contributed by atoms with van der Waals surface area (Å²) in [7, 11) is 1.62. The molecule has 0 saturated heterocycles. The van der Waals surface area contributed by atoms with Gasteiger partial charge in [0.1, 0.15) is 5.75 Å². The van der Waals surface area contributed by atoms with Crippen LogP contribution in [0.25, 0.3) is 0 Å². The van der Waals surface area contributed by atoms with Gasteiger partial charge in [0.2, 0.25) is 0 Å². The van der Waals surface area contributed by atoms with Crippen LogP contribution in [-0.4, -0.2) is 11.7 Å². The van der Waals surface area contributed by atoms with Crippen LogP contribution >= 0.6 is 11.6 Å². The second-order valence-corrected chi connectivity index (χ2v) is 4.10. The van der Waals surface area contributed by atoms with Crippen molar-refractivity contribution in [1.82, 2.24) is 4.57 Å². The molecule has 0 spiro atoms. The van der Waals surface area contributed by atoms with Crippen molar-refractivity contribution in [2.45, 2.75) is 6.54 Å². The van der Waals surface area contributed by atoms with Gasteiger partial charge < -0.3 is 9.30 Å². The third-order valence-electron chi connectivity index (χ3n) is 2.47. The summed E-state index contributed by atoms with van der Waals surface area (Å²) in [5.74, 6) is 0.803. The number of hydrogen-bond donors (Lipinski definition) is 0. The molecule has 0 atom stereocenters. The summed E-state index contributed by atoms with van der Waals surface area (Å²) >= 11 is 5.73. The van der Waals surface area contributed by atoms with Crippen molar-refractivity contribution >= 4 is 11.6 Å². The number of ether oxygens (including phenoxy) is 1. The molecule has 0 fully saturated rings. The van der Waals surface area contributed by atoms with Crippen LogP contribution in [0.3, 0.4) is 0 Å². The topological polar surface area (TPSA) is 31.2 Å². The van der Waals surface area contributed by atoms with Crippen molar-refractivity contribution in [3.8, 4) is 5.75 Å². The lowest BCUT2D eigenvalue weighted by Crippen LogP contribution is -2.18. The Morgan fingerprint density at radius 2 is 1.94 bits per heavy atom. The van der Waals surface area contributed by atoms with Crippen LogP contribution in [0.4, 0.5) is 0 Å². The van der Waals surface area contributed by atoms with Gasteiger partial charge in [0.15, 0.2) is 0 Å². The molecule has 1 heterocycles. The minimum Gasteiger partial charge on any atom is -0.497 e. The first-order valence-corrected chi connectivity index (χ1v) is 5.56. The zero-order valence-electron chi connectivity index (χ0n) is 9.39. The maximum absolute atomic E-state index is 11.6. The van der Waals surface area contributed by atoms with Gasteiger partial charge in [-0.2, -0.15) is 0 Å². The summed E-state index contributed by atoms with van der Waals surface area (Å²) in [6.45, 7) is 0.528. The van der Waals surface area contributed by atoms with Gasteiger partial charge in [0.05, 0.1) is 13.7 Å². The Kier molecular flexibility index (Phi) is 3.49. The fraction of sp³-hybridized carbons (Fsp3) is 0.154.